The van der Waals surface area contributed by atoms with Gasteiger partial charge < -0.3 is 10.4 Å². The number of aliphatic hydroxyl groups is 1. The number of aliphatic hydroxyl groups excluding tert-OH is 1. The Balaban J connectivity index is 2.37. The van der Waals surface area contributed by atoms with Crippen LogP contribution in [0.25, 0.3) is 0 Å². The fraction of sp³-hybridized carbons (Fsp3) is 0.727. The van der Waals surface area contributed by atoms with Gasteiger partial charge in [0.05, 0.1) is 17.1 Å². The first-order valence-corrected chi connectivity index (χ1v) is 6.12. The van der Waals surface area contributed by atoms with Crippen LogP contribution in [0.15, 0.2) is 0 Å². The molecule has 0 radical (unpaired) electrons. The number of hydrogen-bond donors (Lipinski definition) is 2. The molecule has 18 heavy (non-hydrogen) atoms. The van der Waals surface area contributed by atoms with Gasteiger partial charge in [0.15, 0.2) is 0 Å². The average Bonchev–Trinajstić information content (AvgIpc) is 2.60. The molecule has 0 saturated heterocycles. The summed E-state index contributed by atoms with van der Waals surface area (Å²) in [6.07, 6.45) is 3.19. The van der Waals surface area contributed by atoms with Gasteiger partial charge in [-0.25, -0.2) is 4.68 Å². The van der Waals surface area contributed by atoms with Crippen LogP contribution in [0.5, 0.6) is 0 Å². The Morgan fingerprint density at radius 2 is 2.28 bits per heavy atom. The molecule has 2 rings (SSSR count). The van der Waals surface area contributed by atoms with Crippen molar-refractivity contribution < 1.29 is 10.0 Å². The maximum atomic E-state index is 11.1. The number of aromatic nitrogens is 2. The molecule has 0 aliphatic heterocycles. The molecular weight excluding hydrogens is 236 g/mol. The number of nitro groups is 1. The highest BCUT2D eigenvalue weighted by molar-refractivity contribution is 5.61. The SMILES string of the molecule is CCc1nn(C)c(NC2(CO)CCC2)c1[N+](=O)[O-]. The molecule has 1 aliphatic rings. The van der Waals surface area contributed by atoms with Crippen LogP contribution in [-0.2, 0) is 13.5 Å². The standard InChI is InChI=1S/C11H18N4O3/c1-3-8-9(15(17)18)10(14(2)13-8)12-11(7-16)5-4-6-11/h12,16H,3-7H2,1-2H3. The maximum Gasteiger partial charge on any atom is 0.333 e. The van der Waals surface area contributed by atoms with Crippen molar-refractivity contribution in [2.75, 3.05) is 11.9 Å². The van der Waals surface area contributed by atoms with Crippen molar-refractivity contribution >= 4 is 11.5 Å². The van der Waals surface area contributed by atoms with Gasteiger partial charge in [0.2, 0.25) is 5.82 Å². The number of anilines is 1. The fourth-order valence-corrected chi connectivity index (χ4v) is 2.32. The van der Waals surface area contributed by atoms with E-state index in [1.165, 1.54) is 4.68 Å². The minimum atomic E-state index is -0.413. The van der Waals surface area contributed by atoms with Crippen LogP contribution in [0.1, 0.15) is 31.9 Å². The smallest absolute Gasteiger partial charge is 0.333 e. The highest BCUT2D eigenvalue weighted by Gasteiger charge is 2.39. The van der Waals surface area contributed by atoms with Crippen LogP contribution in [-0.4, -0.2) is 32.0 Å². The molecule has 0 bridgehead atoms. The van der Waals surface area contributed by atoms with Crippen molar-refractivity contribution in [3.63, 3.8) is 0 Å². The lowest BCUT2D eigenvalue weighted by atomic mass is 9.77. The predicted molar refractivity (Wildman–Crippen MR) is 66.5 cm³/mol. The lowest BCUT2D eigenvalue weighted by Crippen LogP contribution is -2.48. The molecule has 100 valence electrons. The summed E-state index contributed by atoms with van der Waals surface area (Å²) in [5.74, 6) is 0.394. The zero-order valence-corrected chi connectivity index (χ0v) is 10.6. The van der Waals surface area contributed by atoms with Gasteiger partial charge in [0.1, 0.15) is 5.69 Å². The van der Waals surface area contributed by atoms with E-state index in [2.05, 4.69) is 10.4 Å². The van der Waals surface area contributed by atoms with Crippen LogP contribution >= 0.6 is 0 Å². The zero-order chi connectivity index (χ0) is 13.3. The fourth-order valence-electron chi connectivity index (χ4n) is 2.32. The second kappa shape index (κ2) is 4.56. The van der Waals surface area contributed by atoms with E-state index in [4.69, 9.17) is 0 Å². The van der Waals surface area contributed by atoms with E-state index in [1.807, 2.05) is 6.92 Å². The number of hydrogen-bond acceptors (Lipinski definition) is 5. The first-order valence-electron chi connectivity index (χ1n) is 6.12. The topological polar surface area (TPSA) is 93.2 Å². The minimum Gasteiger partial charge on any atom is -0.394 e. The van der Waals surface area contributed by atoms with Crippen LogP contribution in [0.2, 0.25) is 0 Å². The van der Waals surface area contributed by atoms with Crippen molar-refractivity contribution in [2.45, 2.75) is 38.1 Å². The molecule has 1 fully saturated rings. The van der Waals surface area contributed by atoms with E-state index >= 15 is 0 Å². The maximum absolute atomic E-state index is 11.1. The highest BCUT2D eigenvalue weighted by atomic mass is 16.6. The summed E-state index contributed by atoms with van der Waals surface area (Å²) in [4.78, 5) is 10.7. The Hall–Kier alpha value is -1.63. The van der Waals surface area contributed by atoms with E-state index in [0.717, 1.165) is 19.3 Å². The molecule has 0 spiro atoms. The van der Waals surface area contributed by atoms with E-state index in [-0.39, 0.29) is 12.3 Å². The third kappa shape index (κ3) is 1.94. The molecule has 1 saturated carbocycles. The Morgan fingerprint density at radius 3 is 2.67 bits per heavy atom. The Kier molecular flexibility index (Phi) is 3.25. The van der Waals surface area contributed by atoms with Gasteiger partial charge in [0.25, 0.3) is 0 Å². The predicted octanol–water partition coefficient (Wildman–Crippen LogP) is 1.22. The van der Waals surface area contributed by atoms with Crippen molar-refractivity contribution in [3.8, 4) is 0 Å². The van der Waals surface area contributed by atoms with Gasteiger partial charge in [-0.1, -0.05) is 6.92 Å². The second-order valence-electron chi connectivity index (χ2n) is 4.80. The van der Waals surface area contributed by atoms with Gasteiger partial charge in [0, 0.05) is 7.05 Å². The second-order valence-corrected chi connectivity index (χ2v) is 4.80. The minimum absolute atomic E-state index is 0.0171. The Morgan fingerprint density at radius 1 is 1.61 bits per heavy atom. The number of nitrogens with zero attached hydrogens (tertiary/aromatic N) is 3. The van der Waals surface area contributed by atoms with Crippen LogP contribution in [0.3, 0.4) is 0 Å². The molecule has 7 heteroatoms. The largest absolute Gasteiger partial charge is 0.394 e. The number of aryl methyl sites for hydroxylation is 2. The molecule has 7 nitrogen and oxygen atoms in total. The molecule has 0 unspecified atom stereocenters. The van der Waals surface area contributed by atoms with Gasteiger partial charge in [-0.2, -0.15) is 5.10 Å². The number of rotatable bonds is 5. The number of nitrogens with one attached hydrogen (secondary N) is 1. The average molecular weight is 254 g/mol. The summed E-state index contributed by atoms with van der Waals surface area (Å²) in [7, 11) is 1.68. The van der Waals surface area contributed by atoms with Crippen molar-refractivity contribution in [1.29, 1.82) is 0 Å². The summed E-state index contributed by atoms with van der Waals surface area (Å²) in [5.41, 5.74) is 0.0842. The first kappa shape index (κ1) is 12.8. The van der Waals surface area contributed by atoms with Gasteiger partial charge in [-0.3, -0.25) is 10.1 Å². The Bertz CT molecular complexity index is 460. The summed E-state index contributed by atoms with van der Waals surface area (Å²) < 4.78 is 1.49. The zero-order valence-electron chi connectivity index (χ0n) is 10.6. The van der Waals surface area contributed by atoms with Crippen molar-refractivity contribution in [1.82, 2.24) is 9.78 Å². The molecule has 1 aromatic rings. The summed E-state index contributed by atoms with van der Waals surface area (Å²) in [6.45, 7) is 1.82. The molecule has 1 aromatic heterocycles. The third-order valence-corrected chi connectivity index (χ3v) is 3.61. The molecule has 2 N–H and O–H groups in total. The molecule has 1 aliphatic carbocycles. The molecule has 1 heterocycles. The Labute approximate surface area is 105 Å². The molecule has 0 amide bonds. The molecule has 0 aromatic carbocycles. The van der Waals surface area contributed by atoms with Crippen molar-refractivity contribution in [2.24, 2.45) is 7.05 Å². The van der Waals surface area contributed by atoms with Crippen LogP contribution < -0.4 is 5.32 Å². The molecular formula is C11H18N4O3. The van der Waals surface area contributed by atoms with Crippen LogP contribution in [0, 0.1) is 10.1 Å². The van der Waals surface area contributed by atoms with Crippen molar-refractivity contribution in [3.05, 3.63) is 15.8 Å². The normalized spacial score (nSPS) is 17.3. The lowest BCUT2D eigenvalue weighted by molar-refractivity contribution is -0.384. The highest BCUT2D eigenvalue weighted by Crippen LogP contribution is 2.38. The van der Waals surface area contributed by atoms with Gasteiger partial charge >= 0.3 is 5.69 Å². The lowest BCUT2D eigenvalue weighted by Gasteiger charge is -2.41. The monoisotopic (exact) mass is 254 g/mol. The van der Waals surface area contributed by atoms with E-state index < -0.39 is 10.5 Å². The first-order chi connectivity index (χ1) is 8.53. The summed E-state index contributed by atoms with van der Waals surface area (Å²) in [5, 5.41) is 27.8. The summed E-state index contributed by atoms with van der Waals surface area (Å²) >= 11 is 0. The van der Waals surface area contributed by atoms with Gasteiger partial charge in [-0.15, -0.1) is 0 Å². The van der Waals surface area contributed by atoms with E-state index in [9.17, 15) is 15.2 Å². The van der Waals surface area contributed by atoms with Gasteiger partial charge in [-0.05, 0) is 25.7 Å². The van der Waals surface area contributed by atoms with Crippen LogP contribution in [0.4, 0.5) is 11.5 Å². The molecule has 0 atom stereocenters. The quantitative estimate of drug-likeness (QED) is 0.608. The van der Waals surface area contributed by atoms with E-state index in [1.54, 1.807) is 7.05 Å². The summed E-state index contributed by atoms with van der Waals surface area (Å²) in [6, 6.07) is 0. The van der Waals surface area contributed by atoms with E-state index in [0.29, 0.717) is 17.9 Å². The third-order valence-electron chi connectivity index (χ3n) is 3.61.